The van der Waals surface area contributed by atoms with Crippen LogP contribution in [0.3, 0.4) is 0 Å². The molecule has 0 spiro atoms. The van der Waals surface area contributed by atoms with Gasteiger partial charge in [-0.25, -0.2) is 0 Å². The van der Waals surface area contributed by atoms with Crippen molar-refractivity contribution in [2.75, 3.05) is 0 Å². The third-order valence-corrected chi connectivity index (χ3v) is 4.47. The molecule has 0 unspecified atom stereocenters. The third-order valence-electron chi connectivity index (χ3n) is 4.47. The third kappa shape index (κ3) is 1.84. The van der Waals surface area contributed by atoms with Gasteiger partial charge in [0.1, 0.15) is 5.75 Å². The lowest BCUT2D eigenvalue weighted by molar-refractivity contribution is -0.133. The standard InChI is InChI=1S/C16H20O2/c1-10-8-14-11(2)16(17)18-15(14)9-13(10)12-6-4-3-5-7-12/h8-9,11-12H,3-7H2,1-2H3/t11-/m0/s1. The van der Waals surface area contributed by atoms with E-state index in [1.165, 1.54) is 43.2 Å². The number of esters is 1. The first kappa shape index (κ1) is 11.8. The zero-order valence-electron chi connectivity index (χ0n) is 11.2. The van der Waals surface area contributed by atoms with E-state index in [0.29, 0.717) is 5.92 Å². The second kappa shape index (κ2) is 4.42. The molecule has 1 aromatic carbocycles. The topological polar surface area (TPSA) is 26.3 Å². The molecule has 1 fully saturated rings. The maximum absolute atomic E-state index is 11.6. The van der Waals surface area contributed by atoms with Gasteiger partial charge in [0.05, 0.1) is 5.92 Å². The monoisotopic (exact) mass is 244 g/mol. The normalized spacial score (nSPS) is 23.9. The lowest BCUT2D eigenvalue weighted by Crippen LogP contribution is -2.06. The number of fused-ring (bicyclic) bond motifs is 1. The van der Waals surface area contributed by atoms with Crippen molar-refractivity contribution in [1.29, 1.82) is 0 Å². The van der Waals surface area contributed by atoms with Crippen molar-refractivity contribution in [3.63, 3.8) is 0 Å². The van der Waals surface area contributed by atoms with Gasteiger partial charge in [-0.1, -0.05) is 25.3 Å². The molecular weight excluding hydrogens is 224 g/mol. The van der Waals surface area contributed by atoms with E-state index >= 15 is 0 Å². The zero-order valence-corrected chi connectivity index (χ0v) is 11.2. The summed E-state index contributed by atoms with van der Waals surface area (Å²) in [7, 11) is 0. The summed E-state index contributed by atoms with van der Waals surface area (Å²) in [5, 5.41) is 0. The Kier molecular flexibility index (Phi) is 2.89. The van der Waals surface area contributed by atoms with Gasteiger partial charge in [-0.2, -0.15) is 0 Å². The molecule has 1 aromatic rings. The summed E-state index contributed by atoms with van der Waals surface area (Å²) in [6.07, 6.45) is 6.59. The molecule has 3 rings (SSSR count). The smallest absolute Gasteiger partial charge is 0.318 e. The first-order valence-electron chi connectivity index (χ1n) is 7.03. The molecule has 2 aliphatic rings. The van der Waals surface area contributed by atoms with E-state index in [4.69, 9.17) is 4.74 Å². The van der Waals surface area contributed by atoms with Crippen molar-refractivity contribution < 1.29 is 9.53 Å². The summed E-state index contributed by atoms with van der Waals surface area (Å²) in [5.74, 6) is 1.27. The van der Waals surface area contributed by atoms with E-state index < -0.39 is 0 Å². The van der Waals surface area contributed by atoms with Crippen LogP contribution in [0.5, 0.6) is 5.75 Å². The van der Waals surface area contributed by atoms with Crippen LogP contribution in [0.4, 0.5) is 0 Å². The fourth-order valence-corrected chi connectivity index (χ4v) is 3.33. The van der Waals surface area contributed by atoms with E-state index in [1.54, 1.807) is 0 Å². The molecule has 0 radical (unpaired) electrons. The maximum atomic E-state index is 11.6. The van der Waals surface area contributed by atoms with Crippen LogP contribution in [-0.2, 0) is 4.79 Å². The van der Waals surface area contributed by atoms with Gasteiger partial charge in [0.15, 0.2) is 0 Å². The molecule has 1 aliphatic heterocycles. The van der Waals surface area contributed by atoms with E-state index in [1.807, 2.05) is 6.92 Å². The van der Waals surface area contributed by atoms with Crippen LogP contribution < -0.4 is 4.74 Å². The zero-order chi connectivity index (χ0) is 12.7. The number of hydrogen-bond donors (Lipinski definition) is 0. The highest BCUT2D eigenvalue weighted by atomic mass is 16.5. The second-order valence-electron chi connectivity index (χ2n) is 5.72. The molecular formula is C16H20O2. The van der Waals surface area contributed by atoms with Crippen molar-refractivity contribution in [3.05, 3.63) is 28.8 Å². The molecule has 1 heterocycles. The predicted octanol–water partition coefficient (Wildman–Crippen LogP) is 4.07. The largest absolute Gasteiger partial charge is 0.426 e. The molecule has 0 amide bonds. The van der Waals surface area contributed by atoms with Gasteiger partial charge in [-0.3, -0.25) is 4.79 Å². The Balaban J connectivity index is 1.97. The molecule has 2 nitrogen and oxygen atoms in total. The number of carbonyl (C=O) groups excluding carboxylic acids is 1. The average Bonchev–Trinajstić information content (AvgIpc) is 2.66. The Bertz CT molecular complexity index is 484. The van der Waals surface area contributed by atoms with Gasteiger partial charge in [0, 0.05) is 5.56 Å². The van der Waals surface area contributed by atoms with Gasteiger partial charge >= 0.3 is 5.97 Å². The number of hydrogen-bond acceptors (Lipinski definition) is 2. The summed E-state index contributed by atoms with van der Waals surface area (Å²) < 4.78 is 5.37. The van der Waals surface area contributed by atoms with Crippen molar-refractivity contribution in [3.8, 4) is 5.75 Å². The van der Waals surface area contributed by atoms with Crippen LogP contribution in [0.1, 0.15) is 67.6 Å². The number of aryl methyl sites for hydroxylation is 1. The highest BCUT2D eigenvalue weighted by Crippen LogP contribution is 2.41. The van der Waals surface area contributed by atoms with Crippen LogP contribution in [0.15, 0.2) is 12.1 Å². The number of benzene rings is 1. The molecule has 2 heteroatoms. The summed E-state index contributed by atoms with van der Waals surface area (Å²) >= 11 is 0. The van der Waals surface area contributed by atoms with E-state index in [-0.39, 0.29) is 11.9 Å². The summed E-state index contributed by atoms with van der Waals surface area (Å²) in [4.78, 5) is 11.6. The fraction of sp³-hybridized carbons (Fsp3) is 0.562. The van der Waals surface area contributed by atoms with Gasteiger partial charge in [0.2, 0.25) is 0 Å². The second-order valence-corrected chi connectivity index (χ2v) is 5.72. The summed E-state index contributed by atoms with van der Waals surface area (Å²) in [6, 6.07) is 4.29. The van der Waals surface area contributed by atoms with Gasteiger partial charge < -0.3 is 4.74 Å². The van der Waals surface area contributed by atoms with Crippen molar-refractivity contribution >= 4 is 5.97 Å². The van der Waals surface area contributed by atoms with Crippen LogP contribution in [-0.4, -0.2) is 5.97 Å². The molecule has 0 N–H and O–H groups in total. The van der Waals surface area contributed by atoms with E-state index in [9.17, 15) is 4.79 Å². The Labute approximate surface area is 108 Å². The Hall–Kier alpha value is -1.31. The number of carbonyl (C=O) groups is 1. The Morgan fingerprint density at radius 3 is 2.56 bits per heavy atom. The van der Waals surface area contributed by atoms with E-state index in [0.717, 1.165) is 11.3 Å². The molecule has 96 valence electrons. The van der Waals surface area contributed by atoms with Crippen LogP contribution in [0.25, 0.3) is 0 Å². The average molecular weight is 244 g/mol. The minimum atomic E-state index is -0.106. The molecule has 1 atom stereocenters. The minimum Gasteiger partial charge on any atom is -0.426 e. The molecule has 0 bridgehead atoms. The molecule has 18 heavy (non-hydrogen) atoms. The lowest BCUT2D eigenvalue weighted by atomic mass is 9.81. The van der Waals surface area contributed by atoms with Gasteiger partial charge in [-0.15, -0.1) is 0 Å². The maximum Gasteiger partial charge on any atom is 0.318 e. The molecule has 1 aliphatic carbocycles. The SMILES string of the molecule is Cc1cc2c(cc1C1CCCCC1)OC(=O)[C@H]2C. The van der Waals surface area contributed by atoms with Crippen molar-refractivity contribution in [2.24, 2.45) is 0 Å². The first-order chi connectivity index (χ1) is 8.66. The summed E-state index contributed by atoms with van der Waals surface area (Å²) in [6.45, 7) is 4.09. The van der Waals surface area contributed by atoms with Crippen LogP contribution in [0.2, 0.25) is 0 Å². The highest BCUT2D eigenvalue weighted by molar-refractivity contribution is 5.85. The first-order valence-corrected chi connectivity index (χ1v) is 7.03. The van der Waals surface area contributed by atoms with Crippen molar-refractivity contribution in [1.82, 2.24) is 0 Å². The Morgan fingerprint density at radius 1 is 1.11 bits per heavy atom. The number of ether oxygens (including phenoxy) is 1. The highest BCUT2D eigenvalue weighted by Gasteiger charge is 2.31. The quantitative estimate of drug-likeness (QED) is 0.550. The van der Waals surface area contributed by atoms with Crippen LogP contribution >= 0.6 is 0 Å². The van der Waals surface area contributed by atoms with Crippen LogP contribution in [0, 0.1) is 6.92 Å². The van der Waals surface area contributed by atoms with Gasteiger partial charge in [-0.05, 0) is 49.8 Å². The molecule has 0 saturated heterocycles. The van der Waals surface area contributed by atoms with E-state index in [2.05, 4.69) is 19.1 Å². The van der Waals surface area contributed by atoms with Gasteiger partial charge in [0.25, 0.3) is 0 Å². The Morgan fingerprint density at radius 2 is 1.83 bits per heavy atom. The predicted molar refractivity (Wildman–Crippen MR) is 71.1 cm³/mol. The molecule has 0 aromatic heterocycles. The lowest BCUT2D eigenvalue weighted by Gasteiger charge is -2.24. The summed E-state index contributed by atoms with van der Waals surface area (Å²) in [5.41, 5.74) is 3.79. The fourth-order valence-electron chi connectivity index (χ4n) is 3.33. The minimum absolute atomic E-state index is 0.0981. The number of rotatable bonds is 1. The molecule has 1 saturated carbocycles. The van der Waals surface area contributed by atoms with Crippen molar-refractivity contribution in [2.45, 2.75) is 57.8 Å².